The molecular formula is C33H33N5O6S2. The van der Waals surface area contributed by atoms with E-state index in [4.69, 9.17) is 9.47 Å². The van der Waals surface area contributed by atoms with Gasteiger partial charge in [-0.1, -0.05) is 49.4 Å². The maximum absolute atomic E-state index is 15.0. The molecule has 1 saturated heterocycles. The number of nitrogens with zero attached hydrogens (tertiary/aromatic N) is 3. The van der Waals surface area contributed by atoms with Gasteiger partial charge in [0.2, 0.25) is 6.79 Å². The van der Waals surface area contributed by atoms with Crippen LogP contribution in [0.2, 0.25) is 0 Å². The molecule has 4 amide bonds. The van der Waals surface area contributed by atoms with E-state index in [-0.39, 0.29) is 19.6 Å². The number of hydrogen-bond acceptors (Lipinski definition) is 9. The van der Waals surface area contributed by atoms with Crippen molar-refractivity contribution in [2.45, 2.75) is 48.9 Å². The largest absolute Gasteiger partial charge is 0.454 e. The number of hydrogen-bond donors (Lipinski definition) is 2. The first-order valence-electron chi connectivity index (χ1n) is 14.6. The van der Waals surface area contributed by atoms with E-state index in [2.05, 4.69) is 16.7 Å². The third-order valence-electron chi connectivity index (χ3n) is 7.93. The summed E-state index contributed by atoms with van der Waals surface area (Å²) in [7, 11) is 1.44. The third kappa shape index (κ3) is 6.36. The van der Waals surface area contributed by atoms with Gasteiger partial charge in [-0.3, -0.25) is 19.2 Å². The summed E-state index contributed by atoms with van der Waals surface area (Å²) >= 11 is 1.33. The Hall–Kier alpha value is -4.67. The van der Waals surface area contributed by atoms with Crippen molar-refractivity contribution in [3.63, 3.8) is 0 Å². The van der Waals surface area contributed by atoms with E-state index in [9.17, 15) is 24.4 Å². The molecule has 13 heteroatoms. The molecule has 5 rings (SSSR count). The Morgan fingerprint density at radius 1 is 0.913 bits per heavy atom. The fraction of sp³-hybridized carbons (Fsp3) is 0.303. The second kappa shape index (κ2) is 13.8. The maximum atomic E-state index is 15.0. The maximum Gasteiger partial charge on any atom is 0.286 e. The van der Waals surface area contributed by atoms with Gasteiger partial charge in [0.15, 0.2) is 21.2 Å². The fourth-order valence-electron chi connectivity index (χ4n) is 5.54. The highest BCUT2D eigenvalue weighted by Gasteiger charge is 2.63. The molecule has 0 bridgehead atoms. The number of benzene rings is 3. The first kappa shape index (κ1) is 32.7. The van der Waals surface area contributed by atoms with Crippen LogP contribution in [0.3, 0.4) is 0 Å². The van der Waals surface area contributed by atoms with Gasteiger partial charge < -0.3 is 29.9 Å². The first-order chi connectivity index (χ1) is 22.1. The Morgan fingerprint density at radius 3 is 2.09 bits per heavy atom. The molecule has 11 nitrogen and oxygen atoms in total. The molecule has 2 unspecified atom stereocenters. The van der Waals surface area contributed by atoms with E-state index >= 15 is 0 Å². The molecule has 0 saturated carbocycles. The number of carbonyl (C=O) groups excluding carboxylic acids is 4. The lowest BCUT2D eigenvalue weighted by molar-refractivity contribution is -0.167. The Balaban J connectivity index is 1.60. The zero-order valence-corrected chi connectivity index (χ0v) is 27.2. The highest BCUT2D eigenvalue weighted by atomic mass is 32.2. The summed E-state index contributed by atoms with van der Waals surface area (Å²) in [6.07, 6.45) is 0.0860. The van der Waals surface area contributed by atoms with Gasteiger partial charge in [0.25, 0.3) is 22.3 Å². The minimum Gasteiger partial charge on any atom is -0.454 e. The van der Waals surface area contributed by atoms with E-state index in [1.54, 1.807) is 72.8 Å². The Labute approximate surface area is 275 Å². The van der Waals surface area contributed by atoms with E-state index in [1.807, 2.05) is 13.0 Å². The van der Waals surface area contributed by atoms with Crippen LogP contribution in [0.1, 0.15) is 44.7 Å². The van der Waals surface area contributed by atoms with Crippen molar-refractivity contribution in [1.82, 2.24) is 9.80 Å². The number of amides is 4. The summed E-state index contributed by atoms with van der Waals surface area (Å²) in [5.74, 6) is -0.118. The van der Waals surface area contributed by atoms with Gasteiger partial charge in [0, 0.05) is 31.3 Å². The summed E-state index contributed by atoms with van der Waals surface area (Å²) in [6, 6.07) is 24.1. The minimum atomic E-state index is -1.83. The highest BCUT2D eigenvalue weighted by Crippen LogP contribution is 2.51. The normalized spacial score (nSPS) is 21.0. The average Bonchev–Trinajstić information content (AvgIpc) is 3.53. The van der Waals surface area contributed by atoms with Crippen molar-refractivity contribution in [2.75, 3.05) is 24.5 Å². The van der Waals surface area contributed by atoms with E-state index in [1.165, 1.54) is 23.8 Å². The summed E-state index contributed by atoms with van der Waals surface area (Å²) in [5, 5.41) is 14.1. The predicted octanol–water partition coefficient (Wildman–Crippen LogP) is 6.81. The molecule has 2 aliphatic rings. The lowest BCUT2D eigenvalue weighted by Gasteiger charge is -2.56. The molecule has 0 aliphatic carbocycles. The quantitative estimate of drug-likeness (QED) is 0.253. The molecule has 0 spiro atoms. The highest BCUT2D eigenvalue weighted by molar-refractivity contribution is 8.16. The number of nitrogens with one attached hydrogen (secondary N) is 2. The van der Waals surface area contributed by atoms with Crippen LogP contribution in [-0.2, 0) is 9.59 Å². The molecule has 2 aliphatic heterocycles. The number of piperazine rings is 1. The van der Waals surface area contributed by atoms with Gasteiger partial charge in [-0.15, -0.1) is 0 Å². The van der Waals surface area contributed by atoms with Crippen LogP contribution in [0.5, 0.6) is 11.5 Å². The van der Waals surface area contributed by atoms with Gasteiger partial charge in [0.05, 0.1) is 12.1 Å². The number of fused-ring (bicyclic) bond motifs is 1. The number of thioether (sulfide) groups is 2. The van der Waals surface area contributed by atoms with Crippen molar-refractivity contribution < 1.29 is 28.7 Å². The summed E-state index contributed by atoms with van der Waals surface area (Å²) in [4.78, 5) is 55.8. The summed E-state index contributed by atoms with van der Waals surface area (Å²) in [5.41, 5.74) is 1.68. The van der Waals surface area contributed by atoms with E-state index in [0.29, 0.717) is 58.4 Å². The molecule has 238 valence electrons. The van der Waals surface area contributed by atoms with Crippen LogP contribution >= 0.6 is 23.5 Å². The van der Waals surface area contributed by atoms with Gasteiger partial charge in [-0.05, 0) is 78.8 Å². The SMILES string of the molecule is CCC(c1ccc2c(c1)OCO2)N1C(=O)[C@](C)(SC(=O)Nc2ccccc2)N(C)C(=O)C1(CCC#N)SC(=O)Nc1ccccc1. The second-order valence-electron chi connectivity index (χ2n) is 10.8. The van der Waals surface area contributed by atoms with Crippen LogP contribution < -0.4 is 20.1 Å². The van der Waals surface area contributed by atoms with Crippen LogP contribution in [0.4, 0.5) is 21.0 Å². The topological polar surface area (TPSA) is 141 Å². The number of rotatable bonds is 9. The lowest BCUT2D eigenvalue weighted by Crippen LogP contribution is -2.73. The molecule has 3 aromatic carbocycles. The van der Waals surface area contributed by atoms with Gasteiger partial charge in [0.1, 0.15) is 0 Å². The van der Waals surface area contributed by atoms with Crippen molar-refractivity contribution in [2.24, 2.45) is 0 Å². The number of carbonyl (C=O) groups is 4. The Bertz CT molecular complexity index is 1670. The fourth-order valence-corrected chi connectivity index (χ4v) is 7.69. The molecule has 3 aromatic rings. The van der Waals surface area contributed by atoms with Crippen molar-refractivity contribution in [3.8, 4) is 17.6 Å². The summed E-state index contributed by atoms with van der Waals surface area (Å²) in [6.45, 7) is 3.43. The zero-order valence-electron chi connectivity index (χ0n) is 25.5. The average molecular weight is 660 g/mol. The predicted molar refractivity (Wildman–Crippen MR) is 177 cm³/mol. The molecule has 46 heavy (non-hydrogen) atoms. The number of ether oxygens (including phenoxy) is 2. The smallest absolute Gasteiger partial charge is 0.286 e. The van der Waals surface area contributed by atoms with Crippen molar-refractivity contribution >= 4 is 57.2 Å². The molecule has 2 N–H and O–H groups in total. The second-order valence-corrected chi connectivity index (χ2v) is 13.4. The number of anilines is 2. The first-order valence-corrected chi connectivity index (χ1v) is 16.2. The Morgan fingerprint density at radius 2 is 1.50 bits per heavy atom. The van der Waals surface area contributed by atoms with Crippen LogP contribution in [0.15, 0.2) is 78.9 Å². The lowest BCUT2D eigenvalue weighted by atomic mass is 9.93. The monoisotopic (exact) mass is 659 g/mol. The van der Waals surface area contributed by atoms with E-state index < -0.39 is 38.1 Å². The number of para-hydroxylation sites is 2. The van der Waals surface area contributed by atoms with Gasteiger partial charge in [-0.2, -0.15) is 5.26 Å². The van der Waals surface area contributed by atoms with Crippen LogP contribution in [0, 0.1) is 11.3 Å². The summed E-state index contributed by atoms with van der Waals surface area (Å²) < 4.78 is 11.1. The number of likely N-dealkylation sites (N-methyl/N-ethyl adjacent to an activating group) is 1. The third-order valence-corrected chi connectivity index (χ3v) is 10.3. The van der Waals surface area contributed by atoms with Crippen LogP contribution in [0.25, 0.3) is 0 Å². The molecule has 1 fully saturated rings. The van der Waals surface area contributed by atoms with E-state index in [0.717, 1.165) is 0 Å². The standard InChI is InChI=1S/C33H33N5O6S2/c1-4-25(22-16-17-26-27(20-22)44-21-43-26)38-28(39)32(2,45-30(41)35-23-12-7-5-8-13-23)37(3)29(40)33(38,18-11-19-34)46-31(42)36-24-14-9-6-10-15-24/h5-10,12-17,20,25H,4,11,18,21H2,1-3H3,(H,35,41)(H,36,42)/t25?,32-,33?/m0/s1. The zero-order chi connectivity index (χ0) is 32.9. The van der Waals surface area contributed by atoms with Crippen molar-refractivity contribution in [3.05, 3.63) is 84.4 Å². The Kier molecular flexibility index (Phi) is 9.79. The van der Waals surface area contributed by atoms with Crippen molar-refractivity contribution in [1.29, 1.82) is 5.26 Å². The minimum absolute atomic E-state index is 0.0500. The molecule has 0 aromatic heterocycles. The number of nitriles is 1. The molecule has 0 radical (unpaired) electrons. The molecular weight excluding hydrogens is 627 g/mol. The molecule has 3 atom stereocenters. The van der Waals surface area contributed by atoms with Gasteiger partial charge in [-0.25, -0.2) is 0 Å². The van der Waals surface area contributed by atoms with Gasteiger partial charge >= 0.3 is 0 Å². The van der Waals surface area contributed by atoms with Crippen LogP contribution in [-0.4, -0.2) is 55.7 Å². The molecule has 2 heterocycles.